The lowest BCUT2D eigenvalue weighted by Gasteiger charge is -2.25. The largest absolute Gasteiger partial charge is 0.496 e. The van der Waals surface area contributed by atoms with Gasteiger partial charge in [-0.25, -0.2) is 4.90 Å². The van der Waals surface area contributed by atoms with Crippen molar-refractivity contribution in [2.24, 2.45) is 0 Å². The zero-order valence-electron chi connectivity index (χ0n) is 14.1. The third-order valence-corrected chi connectivity index (χ3v) is 4.82. The molecule has 25 heavy (non-hydrogen) atoms. The summed E-state index contributed by atoms with van der Waals surface area (Å²) in [5.41, 5.74) is -0.296. The van der Waals surface area contributed by atoms with E-state index in [0.717, 1.165) is 43.7 Å². The number of benzene rings is 1. The second-order valence-corrected chi connectivity index (χ2v) is 6.35. The van der Waals surface area contributed by atoms with Crippen LogP contribution in [0.4, 0.5) is 11.4 Å². The van der Waals surface area contributed by atoms with Gasteiger partial charge < -0.3 is 4.74 Å². The molecule has 2 aliphatic heterocycles. The number of carbonyl (C=O) groups is 2. The molecule has 2 aliphatic rings. The molecule has 2 fully saturated rings. The van der Waals surface area contributed by atoms with Crippen LogP contribution in [0.3, 0.4) is 0 Å². The number of amides is 2. The van der Waals surface area contributed by atoms with E-state index in [1.165, 1.54) is 25.3 Å². The van der Waals surface area contributed by atoms with Crippen molar-refractivity contribution in [3.8, 4) is 5.75 Å². The molecule has 8 heteroatoms. The van der Waals surface area contributed by atoms with Gasteiger partial charge in [-0.3, -0.25) is 24.6 Å². The number of hydrogen-bond donors (Lipinski definition) is 0. The van der Waals surface area contributed by atoms with E-state index in [0.29, 0.717) is 5.75 Å². The Labute approximate surface area is 145 Å². The topological polar surface area (TPSA) is 93.0 Å². The van der Waals surface area contributed by atoms with E-state index < -0.39 is 16.9 Å². The normalized spacial score (nSPS) is 22.1. The number of nitrogens with zero attached hydrogens (tertiary/aromatic N) is 3. The number of carbonyl (C=O) groups excluding carboxylic acids is 2. The average molecular weight is 347 g/mol. The lowest BCUT2D eigenvalue weighted by molar-refractivity contribution is -0.384. The molecule has 0 unspecified atom stereocenters. The van der Waals surface area contributed by atoms with Gasteiger partial charge in [-0.05, 0) is 38.1 Å². The van der Waals surface area contributed by atoms with Gasteiger partial charge in [0.15, 0.2) is 0 Å². The highest BCUT2D eigenvalue weighted by atomic mass is 16.6. The first-order valence-corrected chi connectivity index (χ1v) is 8.46. The molecule has 1 atom stereocenters. The van der Waals surface area contributed by atoms with Crippen LogP contribution in [0.1, 0.15) is 32.1 Å². The first-order valence-electron chi connectivity index (χ1n) is 8.46. The molecule has 0 spiro atoms. The summed E-state index contributed by atoms with van der Waals surface area (Å²) in [5, 5.41) is 11.4. The Bertz CT molecular complexity index is 698. The van der Waals surface area contributed by atoms with Gasteiger partial charge in [0.1, 0.15) is 11.4 Å². The van der Waals surface area contributed by atoms with Crippen LogP contribution >= 0.6 is 0 Å². The van der Waals surface area contributed by atoms with E-state index in [9.17, 15) is 19.7 Å². The zero-order chi connectivity index (χ0) is 18.0. The van der Waals surface area contributed by atoms with Gasteiger partial charge in [0.2, 0.25) is 5.91 Å². The first-order chi connectivity index (χ1) is 12.0. The highest BCUT2D eigenvalue weighted by Gasteiger charge is 2.44. The summed E-state index contributed by atoms with van der Waals surface area (Å²) in [4.78, 5) is 39.1. The van der Waals surface area contributed by atoms with Crippen molar-refractivity contribution in [3.05, 3.63) is 28.3 Å². The van der Waals surface area contributed by atoms with Crippen LogP contribution in [0, 0.1) is 10.1 Å². The third-order valence-electron chi connectivity index (χ3n) is 4.82. The average Bonchev–Trinajstić information content (AvgIpc) is 2.79. The molecule has 1 aromatic carbocycles. The molecule has 8 nitrogen and oxygen atoms in total. The molecule has 0 radical (unpaired) electrons. The summed E-state index contributed by atoms with van der Waals surface area (Å²) >= 11 is 0. The number of ether oxygens (including phenoxy) is 1. The quantitative estimate of drug-likeness (QED) is 0.470. The van der Waals surface area contributed by atoms with Crippen molar-refractivity contribution in [2.45, 2.75) is 38.1 Å². The number of hydrogen-bond acceptors (Lipinski definition) is 6. The summed E-state index contributed by atoms with van der Waals surface area (Å²) in [6, 6.07) is 3.63. The maximum absolute atomic E-state index is 12.9. The van der Waals surface area contributed by atoms with Gasteiger partial charge >= 0.3 is 0 Å². The van der Waals surface area contributed by atoms with E-state index in [1.54, 1.807) is 0 Å². The van der Waals surface area contributed by atoms with E-state index in [-0.39, 0.29) is 23.7 Å². The smallest absolute Gasteiger partial charge is 0.297 e. The number of likely N-dealkylation sites (tertiary alicyclic amines) is 1. The van der Waals surface area contributed by atoms with Gasteiger partial charge in [-0.1, -0.05) is 12.8 Å². The minimum absolute atomic E-state index is 0.0121. The van der Waals surface area contributed by atoms with Crippen molar-refractivity contribution in [1.29, 1.82) is 0 Å². The Balaban J connectivity index is 1.91. The van der Waals surface area contributed by atoms with Crippen LogP contribution in [0.25, 0.3) is 0 Å². The molecule has 134 valence electrons. The van der Waals surface area contributed by atoms with Crippen molar-refractivity contribution in [2.75, 3.05) is 25.1 Å². The van der Waals surface area contributed by atoms with Gasteiger partial charge in [0, 0.05) is 0 Å². The fourth-order valence-electron chi connectivity index (χ4n) is 3.53. The predicted octanol–water partition coefficient (Wildman–Crippen LogP) is 2.11. The fraction of sp³-hybridized carbons (Fsp3) is 0.529. The Morgan fingerprint density at radius 1 is 1.16 bits per heavy atom. The second-order valence-electron chi connectivity index (χ2n) is 6.35. The molecule has 0 saturated carbocycles. The monoisotopic (exact) mass is 347 g/mol. The van der Waals surface area contributed by atoms with Gasteiger partial charge in [-0.15, -0.1) is 0 Å². The Kier molecular flexibility index (Phi) is 4.98. The molecular weight excluding hydrogens is 326 g/mol. The number of rotatable bonds is 4. The molecule has 0 bridgehead atoms. The molecule has 0 aromatic heterocycles. The molecular formula is C17H21N3O5. The molecule has 0 aliphatic carbocycles. The first kappa shape index (κ1) is 17.3. The maximum Gasteiger partial charge on any atom is 0.297 e. The van der Waals surface area contributed by atoms with Crippen LogP contribution in [0.2, 0.25) is 0 Å². The SMILES string of the molecule is COc1ccc(N2C(=O)C[C@@H](N3CCCCCC3)C2=O)c([N+](=O)[O-])c1. The summed E-state index contributed by atoms with van der Waals surface area (Å²) in [7, 11) is 1.40. The number of anilines is 1. The van der Waals surface area contributed by atoms with Crippen LogP contribution in [-0.4, -0.2) is 47.9 Å². The Morgan fingerprint density at radius 3 is 2.44 bits per heavy atom. The Morgan fingerprint density at radius 2 is 1.84 bits per heavy atom. The molecule has 2 saturated heterocycles. The van der Waals surface area contributed by atoms with E-state index in [2.05, 4.69) is 0 Å². The minimum Gasteiger partial charge on any atom is -0.496 e. The van der Waals surface area contributed by atoms with Crippen molar-refractivity contribution < 1.29 is 19.2 Å². The molecule has 2 heterocycles. The van der Waals surface area contributed by atoms with Crippen LogP contribution < -0.4 is 9.64 Å². The van der Waals surface area contributed by atoms with Crippen LogP contribution in [0.5, 0.6) is 5.75 Å². The van der Waals surface area contributed by atoms with E-state index in [4.69, 9.17) is 4.74 Å². The third kappa shape index (κ3) is 3.34. The van der Waals surface area contributed by atoms with Gasteiger partial charge in [0.05, 0.1) is 30.6 Å². The number of nitro benzene ring substituents is 1. The van der Waals surface area contributed by atoms with Gasteiger partial charge in [0.25, 0.3) is 11.6 Å². The summed E-state index contributed by atoms with van der Waals surface area (Å²) in [6.07, 6.45) is 4.32. The summed E-state index contributed by atoms with van der Waals surface area (Å²) in [6.45, 7) is 1.56. The second kappa shape index (κ2) is 7.18. The minimum atomic E-state index is -0.600. The molecule has 1 aromatic rings. The lowest BCUT2D eigenvalue weighted by atomic mass is 10.2. The zero-order valence-corrected chi connectivity index (χ0v) is 14.1. The van der Waals surface area contributed by atoms with Crippen LogP contribution in [0.15, 0.2) is 18.2 Å². The molecule has 2 amide bonds. The number of imide groups is 1. The molecule has 0 N–H and O–H groups in total. The van der Waals surface area contributed by atoms with Crippen molar-refractivity contribution >= 4 is 23.2 Å². The fourth-order valence-corrected chi connectivity index (χ4v) is 3.53. The maximum atomic E-state index is 12.9. The number of nitro groups is 1. The van der Waals surface area contributed by atoms with Crippen molar-refractivity contribution in [1.82, 2.24) is 4.90 Å². The standard InChI is InChI=1S/C17H21N3O5/c1-25-12-6-7-13(14(10-12)20(23)24)19-16(21)11-15(17(19)22)18-8-4-2-3-5-9-18/h6-7,10,15H,2-5,8-9,11H2,1H3/t15-/m1/s1. The van der Waals surface area contributed by atoms with E-state index >= 15 is 0 Å². The van der Waals surface area contributed by atoms with Crippen molar-refractivity contribution in [3.63, 3.8) is 0 Å². The lowest BCUT2D eigenvalue weighted by Crippen LogP contribution is -2.42. The molecule has 3 rings (SSSR count). The van der Waals surface area contributed by atoms with E-state index in [1.807, 2.05) is 4.90 Å². The Hall–Kier alpha value is -2.48. The highest BCUT2D eigenvalue weighted by Crippen LogP contribution is 2.36. The predicted molar refractivity (Wildman–Crippen MR) is 90.6 cm³/mol. The number of methoxy groups -OCH3 is 1. The van der Waals surface area contributed by atoms with Crippen LogP contribution in [-0.2, 0) is 9.59 Å². The summed E-state index contributed by atoms with van der Waals surface area (Å²) in [5.74, 6) is -0.466. The van der Waals surface area contributed by atoms with Gasteiger partial charge in [-0.2, -0.15) is 0 Å². The highest BCUT2D eigenvalue weighted by molar-refractivity contribution is 6.23. The summed E-state index contributed by atoms with van der Waals surface area (Å²) < 4.78 is 5.01.